The Bertz CT molecular complexity index is 1570. The van der Waals surface area contributed by atoms with Crippen LogP contribution in [0.15, 0.2) is 61.1 Å². The van der Waals surface area contributed by atoms with Crippen molar-refractivity contribution in [2.45, 2.75) is 31.7 Å². The normalized spacial score (nSPS) is 16.9. The number of aromatic nitrogens is 6. The van der Waals surface area contributed by atoms with Crippen LogP contribution in [0, 0.1) is 0 Å². The standard InChI is InChI=1S/C26H22ClN7O2S/c1-2-36-17-5-6-20(30-14-17)25-33-32-24(34(25)22-8-7-21(27)37-22)15-12-16(13-15)31-26(35)18-9-11-28-19-4-3-10-29-23(18)19/h3-11,14-16H,2,12-13H2,1H3,(H,31,35)/t15-,16-. The Morgan fingerprint density at radius 2 is 2.00 bits per heavy atom. The van der Waals surface area contributed by atoms with Gasteiger partial charge in [-0.2, -0.15) is 0 Å². The van der Waals surface area contributed by atoms with Crippen molar-refractivity contribution in [2.24, 2.45) is 0 Å². The van der Waals surface area contributed by atoms with Crippen LogP contribution in [0.3, 0.4) is 0 Å². The number of nitrogens with one attached hydrogen (secondary N) is 1. The fourth-order valence-corrected chi connectivity index (χ4v) is 5.55. The third kappa shape index (κ3) is 4.54. The number of thiophene rings is 1. The van der Waals surface area contributed by atoms with Gasteiger partial charge < -0.3 is 10.1 Å². The van der Waals surface area contributed by atoms with E-state index in [-0.39, 0.29) is 17.9 Å². The van der Waals surface area contributed by atoms with Crippen molar-refractivity contribution in [3.63, 3.8) is 0 Å². The molecule has 0 radical (unpaired) electrons. The van der Waals surface area contributed by atoms with E-state index in [1.807, 2.05) is 47.9 Å². The van der Waals surface area contributed by atoms with Crippen LogP contribution < -0.4 is 10.1 Å². The van der Waals surface area contributed by atoms with E-state index in [1.54, 1.807) is 24.7 Å². The van der Waals surface area contributed by atoms with Gasteiger partial charge in [0.1, 0.15) is 27.8 Å². The van der Waals surface area contributed by atoms with Gasteiger partial charge in [-0.1, -0.05) is 11.6 Å². The lowest BCUT2D eigenvalue weighted by Crippen LogP contribution is -2.44. The van der Waals surface area contributed by atoms with E-state index in [4.69, 9.17) is 16.3 Å². The van der Waals surface area contributed by atoms with Crippen molar-refractivity contribution < 1.29 is 9.53 Å². The summed E-state index contributed by atoms with van der Waals surface area (Å²) in [5, 5.41) is 13.1. The highest BCUT2D eigenvalue weighted by molar-refractivity contribution is 7.18. The first-order chi connectivity index (χ1) is 18.1. The van der Waals surface area contributed by atoms with Crippen LogP contribution >= 0.6 is 22.9 Å². The number of hydrogen-bond acceptors (Lipinski definition) is 8. The van der Waals surface area contributed by atoms with E-state index in [0.717, 1.165) is 23.7 Å². The number of carbonyl (C=O) groups is 1. The highest BCUT2D eigenvalue weighted by Crippen LogP contribution is 2.40. The van der Waals surface area contributed by atoms with Gasteiger partial charge >= 0.3 is 0 Å². The van der Waals surface area contributed by atoms with Gasteiger partial charge in [0.05, 0.1) is 28.2 Å². The number of rotatable bonds is 7. The summed E-state index contributed by atoms with van der Waals surface area (Å²) in [5.74, 6) is 2.14. The van der Waals surface area contributed by atoms with Gasteiger partial charge in [0.15, 0.2) is 5.82 Å². The summed E-state index contributed by atoms with van der Waals surface area (Å²) in [6.07, 6.45) is 6.48. The summed E-state index contributed by atoms with van der Waals surface area (Å²) in [4.78, 5) is 26.2. The van der Waals surface area contributed by atoms with Gasteiger partial charge in [-0.15, -0.1) is 21.5 Å². The molecule has 0 saturated heterocycles. The number of pyridine rings is 3. The highest BCUT2D eigenvalue weighted by atomic mass is 35.5. The fraction of sp³-hybridized carbons (Fsp3) is 0.231. The Balaban J connectivity index is 1.23. The molecule has 0 unspecified atom stereocenters. The molecule has 1 amide bonds. The predicted molar refractivity (Wildman–Crippen MR) is 141 cm³/mol. The number of carbonyl (C=O) groups excluding carboxylic acids is 1. The Kier molecular flexibility index (Phi) is 6.27. The third-order valence-corrected chi connectivity index (χ3v) is 7.54. The average Bonchev–Trinajstić information content (AvgIpc) is 3.52. The highest BCUT2D eigenvalue weighted by Gasteiger charge is 2.36. The van der Waals surface area contributed by atoms with Crippen LogP contribution in [-0.2, 0) is 0 Å². The van der Waals surface area contributed by atoms with Crippen LogP contribution in [0.1, 0.15) is 41.9 Å². The molecule has 1 fully saturated rings. The Hall–Kier alpha value is -3.89. The van der Waals surface area contributed by atoms with E-state index >= 15 is 0 Å². The molecule has 0 spiro atoms. The maximum Gasteiger partial charge on any atom is 0.253 e. The molecule has 9 nitrogen and oxygen atoms in total. The first-order valence-electron chi connectivity index (χ1n) is 11.9. The summed E-state index contributed by atoms with van der Waals surface area (Å²) in [7, 11) is 0. The van der Waals surface area contributed by atoms with E-state index in [0.29, 0.717) is 44.8 Å². The number of fused-ring (bicyclic) bond motifs is 1. The van der Waals surface area contributed by atoms with Crippen molar-refractivity contribution in [1.82, 2.24) is 35.0 Å². The summed E-state index contributed by atoms with van der Waals surface area (Å²) < 4.78 is 8.22. The van der Waals surface area contributed by atoms with Gasteiger partial charge in [-0.05, 0) is 62.2 Å². The van der Waals surface area contributed by atoms with Gasteiger partial charge in [0, 0.05) is 24.4 Å². The second kappa shape index (κ2) is 9.87. The zero-order valence-corrected chi connectivity index (χ0v) is 21.4. The van der Waals surface area contributed by atoms with E-state index < -0.39 is 0 Å². The molecule has 0 aromatic carbocycles. The summed E-state index contributed by atoms with van der Waals surface area (Å²) in [6.45, 7) is 2.50. The number of hydrogen-bond donors (Lipinski definition) is 1. The molecule has 11 heteroatoms. The lowest BCUT2D eigenvalue weighted by Gasteiger charge is -2.35. The van der Waals surface area contributed by atoms with Crippen molar-refractivity contribution >= 4 is 39.9 Å². The lowest BCUT2D eigenvalue weighted by molar-refractivity contribution is 0.0908. The number of nitrogens with zero attached hydrogens (tertiary/aromatic N) is 6. The summed E-state index contributed by atoms with van der Waals surface area (Å²) in [5.41, 5.74) is 2.50. The molecular formula is C26H22ClN7O2S. The van der Waals surface area contributed by atoms with Crippen LogP contribution in [0.25, 0.3) is 27.6 Å². The summed E-state index contributed by atoms with van der Waals surface area (Å²) in [6, 6.07) is 12.9. The second-order valence-corrected chi connectivity index (χ2v) is 10.4. The molecule has 1 saturated carbocycles. The first-order valence-corrected chi connectivity index (χ1v) is 13.1. The zero-order valence-electron chi connectivity index (χ0n) is 19.8. The van der Waals surface area contributed by atoms with Gasteiger partial charge in [-0.3, -0.25) is 19.3 Å². The molecule has 1 N–H and O–H groups in total. The lowest BCUT2D eigenvalue weighted by atomic mass is 9.79. The molecule has 5 aromatic heterocycles. The molecule has 0 aliphatic heterocycles. The third-order valence-electron chi connectivity index (χ3n) is 6.32. The van der Waals surface area contributed by atoms with Crippen LogP contribution in [0.5, 0.6) is 5.75 Å². The SMILES string of the molecule is CCOc1ccc(-c2nnc([C@H]3C[C@H](NC(=O)c4ccnc5cccnc45)C3)n2-c2ccc(Cl)s2)nc1. The molecular weight excluding hydrogens is 510 g/mol. The Morgan fingerprint density at radius 1 is 1.11 bits per heavy atom. The molecule has 5 aromatic rings. The minimum atomic E-state index is -0.152. The smallest absolute Gasteiger partial charge is 0.253 e. The van der Waals surface area contributed by atoms with E-state index in [9.17, 15) is 4.79 Å². The minimum Gasteiger partial charge on any atom is -0.492 e. The van der Waals surface area contributed by atoms with Crippen molar-refractivity contribution in [2.75, 3.05) is 6.61 Å². The monoisotopic (exact) mass is 531 g/mol. The molecule has 6 rings (SSSR count). The molecule has 0 bridgehead atoms. The minimum absolute atomic E-state index is 0.0218. The predicted octanol–water partition coefficient (Wildman–Crippen LogP) is 5.06. The average molecular weight is 532 g/mol. The van der Waals surface area contributed by atoms with Crippen molar-refractivity contribution in [3.8, 4) is 22.3 Å². The molecule has 186 valence electrons. The molecule has 1 aliphatic rings. The quantitative estimate of drug-likeness (QED) is 0.312. The topological polar surface area (TPSA) is 108 Å². The van der Waals surface area contributed by atoms with Gasteiger partial charge in [0.2, 0.25) is 0 Å². The van der Waals surface area contributed by atoms with E-state index in [1.165, 1.54) is 11.3 Å². The number of ether oxygens (including phenoxy) is 1. The Morgan fingerprint density at radius 3 is 2.76 bits per heavy atom. The van der Waals surface area contributed by atoms with Gasteiger partial charge in [-0.25, -0.2) is 4.98 Å². The van der Waals surface area contributed by atoms with Crippen molar-refractivity contribution in [3.05, 3.63) is 76.8 Å². The van der Waals surface area contributed by atoms with Crippen LogP contribution in [0.4, 0.5) is 0 Å². The molecule has 37 heavy (non-hydrogen) atoms. The maximum absolute atomic E-state index is 13.0. The zero-order chi connectivity index (χ0) is 25.4. The number of halogens is 1. The fourth-order valence-electron chi connectivity index (χ4n) is 4.51. The number of amides is 1. The van der Waals surface area contributed by atoms with Gasteiger partial charge in [0.25, 0.3) is 5.91 Å². The second-order valence-electron chi connectivity index (χ2n) is 8.68. The van der Waals surface area contributed by atoms with Crippen molar-refractivity contribution in [1.29, 1.82) is 0 Å². The van der Waals surface area contributed by atoms with Crippen LogP contribution in [0.2, 0.25) is 4.34 Å². The van der Waals surface area contributed by atoms with E-state index in [2.05, 4.69) is 30.5 Å². The van der Waals surface area contributed by atoms with Crippen LogP contribution in [-0.4, -0.2) is 48.3 Å². The molecule has 0 atom stereocenters. The molecule has 1 aliphatic carbocycles. The maximum atomic E-state index is 13.0. The molecule has 5 heterocycles. The summed E-state index contributed by atoms with van der Waals surface area (Å²) >= 11 is 7.72. The largest absolute Gasteiger partial charge is 0.492 e. The Labute approximate surface area is 221 Å². The first kappa shape index (κ1) is 23.5.